The monoisotopic (exact) mass is 383 g/mol. The van der Waals surface area contributed by atoms with Crippen molar-refractivity contribution in [2.75, 3.05) is 13.2 Å². The zero-order chi connectivity index (χ0) is 19.2. The molecule has 2 aliphatic rings. The van der Waals surface area contributed by atoms with Crippen LogP contribution in [0.4, 0.5) is 0 Å². The Labute approximate surface area is 167 Å². The van der Waals surface area contributed by atoms with Gasteiger partial charge in [-0.3, -0.25) is 4.79 Å². The highest BCUT2D eigenvalue weighted by molar-refractivity contribution is 5.78. The Balaban J connectivity index is 1.20. The van der Waals surface area contributed by atoms with Gasteiger partial charge in [0.15, 0.2) is 5.43 Å². The lowest BCUT2D eigenvalue weighted by Crippen LogP contribution is -2.33. The number of hydrogen-bond donors (Lipinski definition) is 1. The highest BCUT2D eigenvalue weighted by atomic mass is 16.5. The van der Waals surface area contributed by atoms with Crippen LogP contribution in [0, 0.1) is 0 Å². The Morgan fingerprint density at radius 2 is 1.89 bits per heavy atom. The summed E-state index contributed by atoms with van der Waals surface area (Å²) in [6.45, 7) is 1.91. The van der Waals surface area contributed by atoms with Crippen LogP contribution in [-0.2, 0) is 0 Å². The molecular weight excluding hydrogens is 350 g/mol. The van der Waals surface area contributed by atoms with E-state index in [0.29, 0.717) is 23.5 Å². The number of ether oxygens (including phenoxy) is 1. The quantitative estimate of drug-likeness (QED) is 0.578. The van der Waals surface area contributed by atoms with Gasteiger partial charge >= 0.3 is 0 Å². The van der Waals surface area contributed by atoms with Gasteiger partial charge in [0.2, 0.25) is 0 Å². The van der Waals surface area contributed by atoms with E-state index in [1.165, 1.54) is 57.9 Å². The molecule has 1 N–H and O–H groups in total. The average Bonchev–Trinajstić information content (AvgIpc) is 2.67. The Bertz CT molecular complexity index is 818. The molecule has 1 saturated heterocycles. The molecule has 1 atom stereocenters. The van der Waals surface area contributed by atoms with Gasteiger partial charge in [-0.1, -0.05) is 32.1 Å². The first-order valence-electron chi connectivity index (χ1n) is 11.2. The lowest BCUT2D eigenvalue weighted by Gasteiger charge is -2.24. The molecule has 2 heterocycles. The molecule has 0 spiro atoms. The van der Waals surface area contributed by atoms with Crippen LogP contribution >= 0.6 is 0 Å². The highest BCUT2D eigenvalue weighted by Gasteiger charge is 2.23. The minimum absolute atomic E-state index is 0.0462. The maximum atomic E-state index is 12.5. The van der Waals surface area contributed by atoms with E-state index in [0.717, 1.165) is 36.8 Å². The van der Waals surface area contributed by atoms with Gasteiger partial charge < -0.3 is 14.5 Å². The number of hydrogen-bond acceptors (Lipinski definition) is 4. The third-order valence-corrected chi connectivity index (χ3v) is 6.35. The molecule has 0 amide bonds. The van der Waals surface area contributed by atoms with Gasteiger partial charge in [-0.2, -0.15) is 0 Å². The minimum Gasteiger partial charge on any atom is -0.494 e. The van der Waals surface area contributed by atoms with Crippen molar-refractivity contribution in [3.05, 3.63) is 40.2 Å². The predicted octanol–water partition coefficient (Wildman–Crippen LogP) is 5.53. The molecule has 1 aromatic heterocycles. The smallest absolute Gasteiger partial charge is 0.193 e. The summed E-state index contributed by atoms with van der Waals surface area (Å²) in [4.78, 5) is 12.5. The second-order valence-corrected chi connectivity index (χ2v) is 8.50. The van der Waals surface area contributed by atoms with Crippen molar-refractivity contribution in [1.29, 1.82) is 0 Å². The fraction of sp³-hybridized carbons (Fsp3) is 0.625. The van der Waals surface area contributed by atoms with E-state index in [1.54, 1.807) is 6.07 Å². The van der Waals surface area contributed by atoms with Crippen LogP contribution < -0.4 is 15.5 Å². The van der Waals surface area contributed by atoms with Crippen molar-refractivity contribution in [2.45, 2.75) is 82.6 Å². The van der Waals surface area contributed by atoms with Crippen molar-refractivity contribution in [3.8, 4) is 5.75 Å². The van der Waals surface area contributed by atoms with Gasteiger partial charge in [0.05, 0.1) is 12.0 Å². The topological polar surface area (TPSA) is 51.5 Å². The maximum Gasteiger partial charge on any atom is 0.193 e. The Morgan fingerprint density at radius 1 is 1.00 bits per heavy atom. The summed E-state index contributed by atoms with van der Waals surface area (Å²) in [5.74, 6) is 2.05. The Kier molecular flexibility index (Phi) is 6.69. The molecule has 0 radical (unpaired) electrons. The van der Waals surface area contributed by atoms with Crippen molar-refractivity contribution in [1.82, 2.24) is 5.32 Å². The van der Waals surface area contributed by atoms with Gasteiger partial charge in [0.25, 0.3) is 0 Å². The van der Waals surface area contributed by atoms with Gasteiger partial charge in [-0.15, -0.1) is 0 Å². The lowest BCUT2D eigenvalue weighted by molar-refractivity contribution is 0.302. The van der Waals surface area contributed by atoms with Crippen molar-refractivity contribution in [3.63, 3.8) is 0 Å². The van der Waals surface area contributed by atoms with E-state index in [4.69, 9.17) is 9.15 Å². The van der Waals surface area contributed by atoms with Gasteiger partial charge in [-0.05, 0) is 63.3 Å². The van der Waals surface area contributed by atoms with Crippen LogP contribution in [0.25, 0.3) is 11.0 Å². The summed E-state index contributed by atoms with van der Waals surface area (Å²) >= 11 is 0. The first kappa shape index (κ1) is 19.5. The summed E-state index contributed by atoms with van der Waals surface area (Å²) in [6, 6.07) is 8.06. The molecule has 4 nitrogen and oxygen atoms in total. The molecule has 152 valence electrons. The van der Waals surface area contributed by atoms with Crippen LogP contribution in [0.5, 0.6) is 5.75 Å². The lowest BCUT2D eigenvalue weighted by atomic mass is 9.83. The largest absolute Gasteiger partial charge is 0.494 e. The molecule has 28 heavy (non-hydrogen) atoms. The second kappa shape index (κ2) is 9.60. The summed E-state index contributed by atoms with van der Waals surface area (Å²) in [5, 5.41) is 4.25. The molecule has 4 heteroatoms. The summed E-state index contributed by atoms with van der Waals surface area (Å²) in [6.07, 6.45) is 13.7. The summed E-state index contributed by atoms with van der Waals surface area (Å²) < 4.78 is 11.8. The Morgan fingerprint density at radius 3 is 2.68 bits per heavy atom. The number of piperidine rings is 1. The molecule has 2 aromatic rings. The van der Waals surface area contributed by atoms with Gasteiger partial charge in [0, 0.05) is 18.0 Å². The van der Waals surface area contributed by atoms with Gasteiger partial charge in [-0.25, -0.2) is 0 Å². The van der Waals surface area contributed by atoms with E-state index in [1.807, 2.05) is 18.2 Å². The Hall–Kier alpha value is -1.81. The number of fused-ring (bicyclic) bond motifs is 1. The number of benzene rings is 1. The van der Waals surface area contributed by atoms with Crippen LogP contribution in [0.3, 0.4) is 0 Å². The normalized spacial score (nSPS) is 20.2. The van der Waals surface area contributed by atoms with E-state index < -0.39 is 0 Å². The van der Waals surface area contributed by atoms with Gasteiger partial charge in [0.1, 0.15) is 17.1 Å². The van der Waals surface area contributed by atoms with Crippen LogP contribution in [0.2, 0.25) is 0 Å². The molecule has 1 unspecified atom stereocenters. The van der Waals surface area contributed by atoms with Crippen LogP contribution in [0.1, 0.15) is 82.3 Å². The molecule has 2 fully saturated rings. The molecule has 1 aliphatic heterocycles. The number of nitrogens with one attached hydrogen (secondary N) is 1. The highest BCUT2D eigenvalue weighted by Crippen LogP contribution is 2.36. The summed E-state index contributed by atoms with van der Waals surface area (Å²) in [5.41, 5.74) is 0.725. The summed E-state index contributed by atoms with van der Waals surface area (Å²) in [7, 11) is 0. The third-order valence-electron chi connectivity index (χ3n) is 6.35. The van der Waals surface area contributed by atoms with Crippen molar-refractivity contribution >= 4 is 11.0 Å². The first-order valence-corrected chi connectivity index (χ1v) is 11.2. The van der Waals surface area contributed by atoms with Crippen LogP contribution in [0.15, 0.2) is 33.5 Å². The molecular formula is C24H33NO3. The molecule has 1 saturated carbocycles. The number of rotatable bonds is 9. The zero-order valence-electron chi connectivity index (χ0n) is 16.9. The second-order valence-electron chi connectivity index (χ2n) is 8.50. The first-order chi connectivity index (χ1) is 13.8. The SMILES string of the molecule is O=c1cc(C2CCC2)oc2ccc(OCCCCCCC3CCCCN3)cc12. The van der Waals surface area contributed by atoms with E-state index in [9.17, 15) is 4.79 Å². The maximum absolute atomic E-state index is 12.5. The molecule has 1 aliphatic carbocycles. The third kappa shape index (κ3) is 4.96. The van der Waals surface area contributed by atoms with Crippen molar-refractivity contribution < 1.29 is 9.15 Å². The molecule has 4 rings (SSSR count). The molecule has 1 aromatic carbocycles. The minimum atomic E-state index is 0.0462. The zero-order valence-corrected chi connectivity index (χ0v) is 16.9. The number of unbranched alkanes of at least 4 members (excludes halogenated alkanes) is 3. The fourth-order valence-corrected chi connectivity index (χ4v) is 4.34. The van der Waals surface area contributed by atoms with E-state index >= 15 is 0 Å². The van der Waals surface area contributed by atoms with Crippen molar-refractivity contribution in [2.24, 2.45) is 0 Å². The predicted molar refractivity (Wildman–Crippen MR) is 113 cm³/mol. The standard InChI is InChI=1S/C24H33NO3/c26-22-17-24(18-8-7-9-18)28-23-13-12-20(16-21(22)23)27-15-6-2-1-3-10-19-11-4-5-14-25-19/h12-13,16-19,25H,1-11,14-15H2. The van der Waals surface area contributed by atoms with E-state index in [-0.39, 0.29) is 5.43 Å². The average molecular weight is 384 g/mol. The van der Waals surface area contributed by atoms with E-state index in [2.05, 4.69) is 5.32 Å². The fourth-order valence-electron chi connectivity index (χ4n) is 4.34. The van der Waals surface area contributed by atoms with Crippen LogP contribution in [-0.4, -0.2) is 19.2 Å². The molecule has 0 bridgehead atoms.